The standard InChI is InChI=1S/C13H17NO2/c1-5-6-14-12-8-11(13(15)16-4)9(2)7-10(12)3/h5,7-8,14H,1,6H2,2-4H3. The average Bonchev–Trinajstić information content (AvgIpc) is 2.27. The molecule has 0 aromatic heterocycles. The third-order valence-electron chi connectivity index (χ3n) is 2.41. The number of benzene rings is 1. The molecule has 0 aliphatic rings. The molecule has 0 spiro atoms. The number of anilines is 1. The lowest BCUT2D eigenvalue weighted by Gasteiger charge is -2.11. The minimum atomic E-state index is -0.306. The molecular weight excluding hydrogens is 202 g/mol. The second-order valence-electron chi connectivity index (χ2n) is 3.64. The van der Waals surface area contributed by atoms with Crippen LogP contribution in [0, 0.1) is 13.8 Å². The second kappa shape index (κ2) is 5.35. The van der Waals surface area contributed by atoms with Crippen LogP contribution in [0.4, 0.5) is 5.69 Å². The van der Waals surface area contributed by atoms with Crippen molar-refractivity contribution in [2.24, 2.45) is 0 Å². The maximum atomic E-state index is 11.5. The van der Waals surface area contributed by atoms with Gasteiger partial charge in [-0.3, -0.25) is 0 Å². The fourth-order valence-electron chi connectivity index (χ4n) is 1.55. The van der Waals surface area contributed by atoms with Crippen LogP contribution in [0.25, 0.3) is 0 Å². The van der Waals surface area contributed by atoms with Gasteiger partial charge >= 0.3 is 5.97 Å². The molecule has 0 aliphatic heterocycles. The smallest absolute Gasteiger partial charge is 0.338 e. The number of hydrogen-bond donors (Lipinski definition) is 1. The van der Waals surface area contributed by atoms with E-state index in [1.165, 1.54) is 7.11 Å². The summed E-state index contributed by atoms with van der Waals surface area (Å²) in [6.07, 6.45) is 1.77. The normalized spacial score (nSPS) is 9.69. The number of ether oxygens (including phenoxy) is 1. The summed E-state index contributed by atoms with van der Waals surface area (Å²) in [7, 11) is 1.39. The van der Waals surface area contributed by atoms with E-state index in [9.17, 15) is 4.79 Å². The quantitative estimate of drug-likeness (QED) is 0.625. The van der Waals surface area contributed by atoms with Crippen LogP contribution in [0.1, 0.15) is 21.5 Å². The lowest BCUT2D eigenvalue weighted by Crippen LogP contribution is -2.07. The Morgan fingerprint density at radius 1 is 1.44 bits per heavy atom. The number of hydrogen-bond acceptors (Lipinski definition) is 3. The van der Waals surface area contributed by atoms with Crippen molar-refractivity contribution in [1.29, 1.82) is 0 Å². The average molecular weight is 219 g/mol. The summed E-state index contributed by atoms with van der Waals surface area (Å²) < 4.78 is 4.73. The fraction of sp³-hybridized carbons (Fsp3) is 0.308. The highest BCUT2D eigenvalue weighted by Crippen LogP contribution is 2.21. The molecule has 0 aliphatic carbocycles. The number of methoxy groups -OCH3 is 1. The van der Waals surface area contributed by atoms with E-state index in [-0.39, 0.29) is 5.97 Å². The van der Waals surface area contributed by atoms with Crippen LogP contribution in [0.2, 0.25) is 0 Å². The van der Waals surface area contributed by atoms with E-state index in [1.54, 1.807) is 6.08 Å². The highest BCUT2D eigenvalue weighted by molar-refractivity contribution is 5.92. The van der Waals surface area contributed by atoms with Gasteiger partial charge < -0.3 is 10.1 Å². The van der Waals surface area contributed by atoms with Gasteiger partial charge in [-0.1, -0.05) is 12.1 Å². The Hall–Kier alpha value is -1.77. The van der Waals surface area contributed by atoms with Crippen LogP contribution in [0.3, 0.4) is 0 Å². The Balaban J connectivity index is 3.10. The third-order valence-corrected chi connectivity index (χ3v) is 2.41. The van der Waals surface area contributed by atoms with E-state index in [0.29, 0.717) is 12.1 Å². The van der Waals surface area contributed by atoms with Gasteiger partial charge in [0, 0.05) is 12.2 Å². The van der Waals surface area contributed by atoms with Crippen molar-refractivity contribution in [3.05, 3.63) is 41.5 Å². The van der Waals surface area contributed by atoms with Crippen molar-refractivity contribution in [1.82, 2.24) is 0 Å². The Morgan fingerprint density at radius 3 is 2.69 bits per heavy atom. The van der Waals surface area contributed by atoms with Gasteiger partial charge in [-0.15, -0.1) is 6.58 Å². The van der Waals surface area contributed by atoms with Crippen molar-refractivity contribution in [3.8, 4) is 0 Å². The first kappa shape index (κ1) is 12.3. The van der Waals surface area contributed by atoms with Crippen LogP contribution >= 0.6 is 0 Å². The van der Waals surface area contributed by atoms with Gasteiger partial charge in [-0.2, -0.15) is 0 Å². The van der Waals surface area contributed by atoms with Gasteiger partial charge in [0.15, 0.2) is 0 Å². The molecule has 0 fully saturated rings. The molecule has 3 nitrogen and oxygen atoms in total. The minimum Gasteiger partial charge on any atom is -0.465 e. The molecule has 0 radical (unpaired) electrons. The SMILES string of the molecule is C=CCNc1cc(C(=O)OC)c(C)cc1C. The summed E-state index contributed by atoms with van der Waals surface area (Å²) in [6, 6.07) is 3.79. The Bertz CT molecular complexity index is 411. The van der Waals surface area contributed by atoms with Gasteiger partial charge in [0.2, 0.25) is 0 Å². The third kappa shape index (κ3) is 2.63. The van der Waals surface area contributed by atoms with Crippen LogP contribution in [-0.2, 0) is 4.74 Å². The maximum Gasteiger partial charge on any atom is 0.338 e. The molecule has 0 saturated heterocycles. The Kier molecular flexibility index (Phi) is 4.11. The Labute approximate surface area is 96.1 Å². The number of esters is 1. The van der Waals surface area contributed by atoms with Crippen LogP contribution in [0.5, 0.6) is 0 Å². The zero-order valence-corrected chi connectivity index (χ0v) is 9.96. The lowest BCUT2D eigenvalue weighted by atomic mass is 10.0. The van der Waals surface area contributed by atoms with E-state index in [0.717, 1.165) is 16.8 Å². The molecule has 0 atom stereocenters. The first-order valence-corrected chi connectivity index (χ1v) is 5.14. The van der Waals surface area contributed by atoms with E-state index in [2.05, 4.69) is 11.9 Å². The highest BCUT2D eigenvalue weighted by Gasteiger charge is 2.11. The molecule has 16 heavy (non-hydrogen) atoms. The van der Waals surface area contributed by atoms with Gasteiger partial charge in [-0.25, -0.2) is 4.79 Å². The molecule has 1 aromatic rings. The first-order chi connectivity index (χ1) is 7.60. The molecule has 1 rings (SSSR count). The summed E-state index contributed by atoms with van der Waals surface area (Å²) in [5.74, 6) is -0.306. The van der Waals surface area contributed by atoms with Gasteiger partial charge in [-0.05, 0) is 31.0 Å². The highest BCUT2D eigenvalue weighted by atomic mass is 16.5. The predicted molar refractivity (Wildman–Crippen MR) is 65.9 cm³/mol. The molecule has 0 bridgehead atoms. The molecule has 0 unspecified atom stereocenters. The van der Waals surface area contributed by atoms with E-state index < -0.39 is 0 Å². The number of carbonyl (C=O) groups is 1. The van der Waals surface area contributed by atoms with Gasteiger partial charge in [0.1, 0.15) is 0 Å². The summed E-state index contributed by atoms with van der Waals surface area (Å²) in [4.78, 5) is 11.5. The molecule has 1 N–H and O–H groups in total. The van der Waals surface area contributed by atoms with E-state index >= 15 is 0 Å². The lowest BCUT2D eigenvalue weighted by molar-refractivity contribution is 0.0600. The summed E-state index contributed by atoms with van der Waals surface area (Å²) >= 11 is 0. The number of nitrogens with one attached hydrogen (secondary N) is 1. The van der Waals surface area contributed by atoms with E-state index in [4.69, 9.17) is 4.74 Å². The largest absolute Gasteiger partial charge is 0.465 e. The van der Waals surface area contributed by atoms with Gasteiger partial charge in [0.05, 0.1) is 12.7 Å². The van der Waals surface area contributed by atoms with Crippen molar-refractivity contribution < 1.29 is 9.53 Å². The molecule has 1 aromatic carbocycles. The fourth-order valence-corrected chi connectivity index (χ4v) is 1.55. The van der Waals surface area contributed by atoms with Crippen molar-refractivity contribution >= 4 is 11.7 Å². The summed E-state index contributed by atoms with van der Waals surface area (Å²) in [6.45, 7) is 8.21. The molecule has 3 heteroatoms. The predicted octanol–water partition coefficient (Wildman–Crippen LogP) is 2.69. The number of rotatable bonds is 4. The number of carbonyl (C=O) groups excluding carboxylic acids is 1. The topological polar surface area (TPSA) is 38.3 Å². The minimum absolute atomic E-state index is 0.306. The van der Waals surface area contributed by atoms with Crippen molar-refractivity contribution in [2.75, 3.05) is 19.0 Å². The number of aryl methyl sites for hydroxylation is 2. The monoisotopic (exact) mass is 219 g/mol. The summed E-state index contributed by atoms with van der Waals surface area (Å²) in [5, 5.41) is 3.18. The van der Waals surface area contributed by atoms with Crippen molar-refractivity contribution in [2.45, 2.75) is 13.8 Å². The maximum absolute atomic E-state index is 11.5. The van der Waals surface area contributed by atoms with E-state index in [1.807, 2.05) is 26.0 Å². The molecular formula is C13H17NO2. The van der Waals surface area contributed by atoms with Crippen LogP contribution < -0.4 is 5.32 Å². The van der Waals surface area contributed by atoms with Crippen molar-refractivity contribution in [3.63, 3.8) is 0 Å². The molecule has 86 valence electrons. The Morgan fingerprint density at radius 2 is 2.12 bits per heavy atom. The second-order valence-corrected chi connectivity index (χ2v) is 3.64. The molecule has 0 saturated carbocycles. The van der Waals surface area contributed by atoms with Crippen LogP contribution in [0.15, 0.2) is 24.8 Å². The molecule has 0 amide bonds. The zero-order valence-electron chi connectivity index (χ0n) is 9.96. The zero-order chi connectivity index (χ0) is 12.1. The first-order valence-electron chi connectivity index (χ1n) is 5.14. The van der Waals surface area contributed by atoms with Gasteiger partial charge in [0.25, 0.3) is 0 Å². The molecule has 0 heterocycles. The summed E-state index contributed by atoms with van der Waals surface area (Å²) in [5.41, 5.74) is 3.56. The van der Waals surface area contributed by atoms with Crippen LogP contribution in [-0.4, -0.2) is 19.6 Å².